The number of rotatable bonds is 62. The number of carbonyl (C=O) groups excluding carboxylic acids is 4. The molecule has 0 radical (unpaired) electrons. The SMILES string of the molecule is CCC(C)CCCCCCCCCCC(=O)O[C@H](COC(=O)CCCCCCCCC(C)CC)COP(=O)(O)OC[C@H](O)COP(=O)(O)OC[C@@H](COC(=O)CCCCCCCCCCCCC(C)C)OC(=O)CCCCCCCCC(C)C. The third-order valence-corrected chi connectivity index (χ3v) is 17.4. The van der Waals surface area contributed by atoms with E-state index in [4.69, 9.17) is 37.0 Å². The molecule has 0 rings (SSSR count). The number of hydrogen-bond acceptors (Lipinski definition) is 15. The number of carbonyl (C=O) groups is 4. The number of aliphatic hydroxyl groups excluding tert-OH is 1. The fourth-order valence-electron chi connectivity index (χ4n) is 9.54. The molecule has 0 amide bonds. The first-order valence-corrected chi connectivity index (χ1v) is 36.8. The minimum absolute atomic E-state index is 0.101. The predicted molar refractivity (Wildman–Crippen MR) is 335 cm³/mol. The zero-order chi connectivity index (χ0) is 62.5. The molecule has 0 aromatic heterocycles. The van der Waals surface area contributed by atoms with Crippen LogP contribution >= 0.6 is 15.6 Å². The summed E-state index contributed by atoms with van der Waals surface area (Å²) in [6.45, 7) is 14.0. The average Bonchev–Trinajstić information content (AvgIpc) is 3.58. The molecule has 0 saturated carbocycles. The summed E-state index contributed by atoms with van der Waals surface area (Å²) in [5.41, 5.74) is 0. The molecule has 3 N–H and O–H groups in total. The molecule has 0 spiro atoms. The molecule has 0 aliphatic rings. The van der Waals surface area contributed by atoms with Gasteiger partial charge in [0.2, 0.25) is 0 Å². The number of hydrogen-bond donors (Lipinski definition) is 3. The molecule has 0 heterocycles. The minimum atomic E-state index is -4.95. The quantitative estimate of drug-likeness (QED) is 0.0222. The number of ether oxygens (including phenoxy) is 4. The van der Waals surface area contributed by atoms with E-state index >= 15 is 0 Å². The van der Waals surface area contributed by atoms with Crippen LogP contribution in [0, 0.1) is 23.7 Å². The van der Waals surface area contributed by atoms with E-state index in [1.807, 2.05) is 0 Å². The van der Waals surface area contributed by atoms with Crippen molar-refractivity contribution in [3.8, 4) is 0 Å². The second-order valence-corrected chi connectivity index (χ2v) is 27.8. The Morgan fingerprint density at radius 3 is 0.845 bits per heavy atom. The summed E-state index contributed by atoms with van der Waals surface area (Å²) >= 11 is 0. The van der Waals surface area contributed by atoms with Gasteiger partial charge in [0.15, 0.2) is 12.2 Å². The Hall–Kier alpha value is -1.94. The Balaban J connectivity index is 5.24. The Kier molecular flexibility index (Phi) is 53.9. The highest BCUT2D eigenvalue weighted by atomic mass is 31.2. The first kappa shape index (κ1) is 82.1. The number of aliphatic hydroxyl groups is 1. The topological polar surface area (TPSA) is 237 Å². The Morgan fingerprint density at radius 1 is 0.333 bits per heavy atom. The molecule has 0 bridgehead atoms. The van der Waals surface area contributed by atoms with Gasteiger partial charge in [-0.2, -0.15) is 0 Å². The lowest BCUT2D eigenvalue weighted by molar-refractivity contribution is -0.161. The zero-order valence-electron chi connectivity index (χ0n) is 54.5. The fourth-order valence-corrected chi connectivity index (χ4v) is 11.1. The van der Waals surface area contributed by atoms with Crippen LogP contribution in [0.4, 0.5) is 0 Å². The van der Waals surface area contributed by atoms with Crippen LogP contribution in [0.2, 0.25) is 0 Å². The maximum atomic E-state index is 13.0. The van der Waals surface area contributed by atoms with Gasteiger partial charge < -0.3 is 33.8 Å². The second-order valence-electron chi connectivity index (χ2n) is 24.9. The maximum Gasteiger partial charge on any atom is 0.472 e. The zero-order valence-corrected chi connectivity index (χ0v) is 56.3. The first-order valence-electron chi connectivity index (χ1n) is 33.8. The first-order chi connectivity index (χ1) is 40.2. The van der Waals surface area contributed by atoms with Crippen LogP contribution in [-0.4, -0.2) is 96.7 Å². The summed E-state index contributed by atoms with van der Waals surface area (Å²) in [4.78, 5) is 72.2. The highest BCUT2D eigenvalue weighted by Gasteiger charge is 2.30. The molecule has 0 fully saturated rings. The summed E-state index contributed by atoms with van der Waals surface area (Å²) in [5, 5.41) is 10.5. The van der Waals surface area contributed by atoms with Gasteiger partial charge in [0.25, 0.3) is 0 Å². The van der Waals surface area contributed by atoms with Crippen molar-refractivity contribution < 1.29 is 80.2 Å². The van der Waals surface area contributed by atoms with E-state index in [-0.39, 0.29) is 25.7 Å². The molecule has 0 aromatic carbocycles. The van der Waals surface area contributed by atoms with E-state index in [2.05, 4.69) is 55.4 Å². The van der Waals surface area contributed by atoms with Crippen molar-refractivity contribution in [1.29, 1.82) is 0 Å². The molecule has 0 aromatic rings. The van der Waals surface area contributed by atoms with Crippen LogP contribution in [0.1, 0.15) is 312 Å². The summed E-state index contributed by atoms with van der Waals surface area (Å²) in [6.07, 6.45) is 35.0. The normalized spacial score (nSPS) is 15.1. The van der Waals surface area contributed by atoms with E-state index in [1.54, 1.807) is 0 Å². The van der Waals surface area contributed by atoms with Crippen molar-refractivity contribution >= 4 is 39.5 Å². The molecule has 498 valence electrons. The largest absolute Gasteiger partial charge is 0.472 e. The van der Waals surface area contributed by atoms with Crippen molar-refractivity contribution in [1.82, 2.24) is 0 Å². The van der Waals surface area contributed by atoms with Gasteiger partial charge in [-0.15, -0.1) is 0 Å². The van der Waals surface area contributed by atoms with Gasteiger partial charge in [0.1, 0.15) is 19.3 Å². The standard InChI is InChI=1S/C65H126O17P2/c1-9-57(7)43-35-27-18-15-16-20-31-39-47-64(69)81-60(52-76-63(68)46-38-30-24-22-28-36-44-58(8)10-2)53-79-83(71,72)77-49-59(66)50-78-84(73,74)80-54-61(82-65(70)48-40-32-23-21-26-34-42-56(5)6)51-75-62(67)45-37-29-19-14-12-11-13-17-25-33-41-55(3)4/h55-61,66H,9-54H2,1-8H3,(H,71,72)(H,73,74)/t57?,58?,59-,60+,61+/m0/s1. The fraction of sp³-hybridized carbons (Fsp3) is 0.938. The highest BCUT2D eigenvalue weighted by molar-refractivity contribution is 7.47. The van der Waals surface area contributed by atoms with Crippen LogP contribution in [0.3, 0.4) is 0 Å². The van der Waals surface area contributed by atoms with Crippen molar-refractivity contribution in [2.24, 2.45) is 23.7 Å². The average molecular weight is 1240 g/mol. The predicted octanol–water partition coefficient (Wildman–Crippen LogP) is 17.8. The van der Waals surface area contributed by atoms with E-state index in [9.17, 15) is 43.2 Å². The number of esters is 4. The summed E-state index contributed by atoms with van der Waals surface area (Å²) in [7, 11) is -9.89. The van der Waals surface area contributed by atoms with Crippen LogP contribution in [-0.2, 0) is 65.4 Å². The number of phosphoric acid groups is 2. The Bertz CT molecular complexity index is 1680. The summed E-state index contributed by atoms with van der Waals surface area (Å²) < 4.78 is 68.0. The third-order valence-electron chi connectivity index (χ3n) is 15.5. The molecule has 19 heteroatoms. The molecular weight excluding hydrogens is 1110 g/mol. The Morgan fingerprint density at radius 2 is 0.571 bits per heavy atom. The van der Waals surface area contributed by atoms with Crippen LogP contribution < -0.4 is 0 Å². The van der Waals surface area contributed by atoms with Gasteiger partial charge in [-0.3, -0.25) is 37.3 Å². The molecule has 4 unspecified atom stereocenters. The molecule has 0 saturated heterocycles. The lowest BCUT2D eigenvalue weighted by Crippen LogP contribution is -2.30. The number of phosphoric ester groups is 2. The molecule has 7 atom stereocenters. The van der Waals surface area contributed by atoms with E-state index in [0.29, 0.717) is 31.6 Å². The van der Waals surface area contributed by atoms with Gasteiger partial charge in [-0.05, 0) is 49.4 Å². The van der Waals surface area contributed by atoms with Crippen LogP contribution in [0.15, 0.2) is 0 Å². The minimum Gasteiger partial charge on any atom is -0.462 e. The van der Waals surface area contributed by atoms with Gasteiger partial charge in [-0.1, -0.05) is 261 Å². The van der Waals surface area contributed by atoms with Crippen LogP contribution in [0.25, 0.3) is 0 Å². The van der Waals surface area contributed by atoms with Crippen molar-refractivity contribution in [3.05, 3.63) is 0 Å². The van der Waals surface area contributed by atoms with Crippen molar-refractivity contribution in [2.45, 2.75) is 331 Å². The molecule has 84 heavy (non-hydrogen) atoms. The van der Waals surface area contributed by atoms with Crippen LogP contribution in [0.5, 0.6) is 0 Å². The third kappa shape index (κ3) is 56.6. The van der Waals surface area contributed by atoms with E-state index in [0.717, 1.165) is 114 Å². The molecule has 17 nitrogen and oxygen atoms in total. The lowest BCUT2D eigenvalue weighted by atomic mass is 9.99. The van der Waals surface area contributed by atoms with Gasteiger partial charge in [-0.25, -0.2) is 9.13 Å². The molecule has 0 aliphatic carbocycles. The highest BCUT2D eigenvalue weighted by Crippen LogP contribution is 2.45. The number of unbranched alkanes of at least 4 members (excludes halogenated alkanes) is 26. The Labute approximate surface area is 511 Å². The summed E-state index contributed by atoms with van der Waals surface area (Å²) in [6, 6.07) is 0. The maximum absolute atomic E-state index is 13.0. The van der Waals surface area contributed by atoms with Gasteiger partial charge in [0.05, 0.1) is 26.4 Å². The van der Waals surface area contributed by atoms with Crippen molar-refractivity contribution in [3.63, 3.8) is 0 Å². The van der Waals surface area contributed by atoms with Gasteiger partial charge >= 0.3 is 39.5 Å². The van der Waals surface area contributed by atoms with E-state index < -0.39 is 97.5 Å². The molecular formula is C65H126O17P2. The van der Waals surface area contributed by atoms with Gasteiger partial charge in [0, 0.05) is 25.7 Å². The smallest absolute Gasteiger partial charge is 0.462 e. The van der Waals surface area contributed by atoms with Crippen molar-refractivity contribution in [2.75, 3.05) is 39.6 Å². The summed E-state index contributed by atoms with van der Waals surface area (Å²) in [5.74, 6) is 0.786. The van der Waals surface area contributed by atoms with E-state index in [1.165, 1.54) is 109 Å². The monoisotopic (exact) mass is 1240 g/mol. The lowest BCUT2D eigenvalue weighted by Gasteiger charge is -2.21. The molecule has 0 aliphatic heterocycles. The second kappa shape index (κ2) is 55.2.